The van der Waals surface area contributed by atoms with Crippen molar-refractivity contribution in [2.75, 3.05) is 17.7 Å². The van der Waals surface area contributed by atoms with Gasteiger partial charge in [0.25, 0.3) is 0 Å². The Bertz CT molecular complexity index is 1200. The van der Waals surface area contributed by atoms with Crippen molar-refractivity contribution in [1.29, 1.82) is 0 Å². The summed E-state index contributed by atoms with van der Waals surface area (Å²) >= 11 is 0. The number of hydrogen-bond donors (Lipinski definition) is 2. The number of carbonyl (C=O) groups is 1. The van der Waals surface area contributed by atoms with Crippen LogP contribution in [-0.2, 0) is 4.74 Å². The van der Waals surface area contributed by atoms with E-state index in [1.54, 1.807) is 42.5 Å². The summed E-state index contributed by atoms with van der Waals surface area (Å²) in [7, 11) is 1.60. The summed E-state index contributed by atoms with van der Waals surface area (Å²) in [6, 6.07) is 1.36. The number of amides is 2. The van der Waals surface area contributed by atoms with Crippen molar-refractivity contribution in [3.05, 3.63) is 53.9 Å². The Morgan fingerprint density at radius 3 is 2.60 bits per heavy atom. The zero-order chi connectivity index (χ0) is 21.3. The highest BCUT2D eigenvalue weighted by Gasteiger charge is 2.19. The van der Waals surface area contributed by atoms with Crippen LogP contribution in [0.15, 0.2) is 37.1 Å². The molecule has 0 saturated carbocycles. The number of rotatable bonds is 5. The van der Waals surface area contributed by atoms with Crippen molar-refractivity contribution in [1.82, 2.24) is 34.6 Å². The maximum Gasteiger partial charge on any atom is 0.323 e. The number of urea groups is 1. The molecule has 4 aromatic rings. The molecule has 4 rings (SSSR count). The van der Waals surface area contributed by atoms with E-state index in [1.165, 1.54) is 4.80 Å². The van der Waals surface area contributed by atoms with Gasteiger partial charge < -0.3 is 15.4 Å². The first kappa shape index (κ1) is 19.5. The summed E-state index contributed by atoms with van der Waals surface area (Å²) in [5.41, 5.74) is 4.06. The number of hydrogen-bond acceptors (Lipinski definition) is 7. The van der Waals surface area contributed by atoms with Gasteiger partial charge in [-0.15, -0.1) is 4.80 Å². The number of imidazole rings is 1. The predicted molar refractivity (Wildman–Crippen MR) is 110 cm³/mol. The zero-order valence-electron chi connectivity index (χ0n) is 17.0. The molecule has 2 amide bonds. The van der Waals surface area contributed by atoms with Gasteiger partial charge in [-0.2, -0.15) is 15.3 Å². The molecule has 4 heterocycles. The Kier molecular flexibility index (Phi) is 5.11. The van der Waals surface area contributed by atoms with Crippen LogP contribution in [0.4, 0.5) is 16.2 Å². The summed E-state index contributed by atoms with van der Waals surface area (Å²) < 4.78 is 7.15. The fourth-order valence-corrected chi connectivity index (χ4v) is 3.14. The third-order valence-corrected chi connectivity index (χ3v) is 4.58. The summed E-state index contributed by atoms with van der Waals surface area (Å²) in [5, 5.41) is 18.1. The first-order chi connectivity index (χ1) is 14.5. The van der Waals surface area contributed by atoms with Gasteiger partial charge in [0.1, 0.15) is 0 Å². The lowest BCUT2D eigenvalue weighted by molar-refractivity contribution is 0.120. The third kappa shape index (κ3) is 3.70. The lowest BCUT2D eigenvalue weighted by Gasteiger charge is -2.16. The Balaban J connectivity index is 1.57. The van der Waals surface area contributed by atoms with Gasteiger partial charge in [-0.25, -0.2) is 19.3 Å². The van der Waals surface area contributed by atoms with Crippen LogP contribution in [-0.4, -0.2) is 47.7 Å². The number of anilines is 2. The molecule has 0 radical (unpaired) electrons. The van der Waals surface area contributed by atoms with Crippen LogP contribution in [0.5, 0.6) is 0 Å². The van der Waals surface area contributed by atoms with Crippen LogP contribution in [0.1, 0.15) is 29.8 Å². The minimum absolute atomic E-state index is 0.294. The van der Waals surface area contributed by atoms with Crippen molar-refractivity contribution in [3.63, 3.8) is 0 Å². The molecule has 0 saturated heterocycles. The molecule has 0 aliphatic heterocycles. The highest BCUT2D eigenvalue weighted by atomic mass is 16.5. The predicted octanol–water partition coefficient (Wildman–Crippen LogP) is 2.67. The first-order valence-corrected chi connectivity index (χ1v) is 9.25. The molecule has 30 heavy (non-hydrogen) atoms. The van der Waals surface area contributed by atoms with Gasteiger partial charge in [0.05, 0.1) is 59.7 Å². The van der Waals surface area contributed by atoms with Gasteiger partial charge in [-0.05, 0) is 32.4 Å². The van der Waals surface area contributed by atoms with Crippen molar-refractivity contribution >= 4 is 23.1 Å². The molecule has 0 bridgehead atoms. The Hall–Kier alpha value is -3.86. The van der Waals surface area contributed by atoms with E-state index in [1.807, 2.05) is 27.0 Å². The van der Waals surface area contributed by atoms with Gasteiger partial charge >= 0.3 is 6.03 Å². The molecule has 0 aliphatic carbocycles. The van der Waals surface area contributed by atoms with Crippen LogP contribution in [0.3, 0.4) is 0 Å². The maximum absolute atomic E-state index is 12.6. The third-order valence-electron chi connectivity index (χ3n) is 4.58. The van der Waals surface area contributed by atoms with Crippen LogP contribution < -0.4 is 10.6 Å². The van der Waals surface area contributed by atoms with Crippen LogP contribution in [0.2, 0.25) is 0 Å². The first-order valence-electron chi connectivity index (χ1n) is 9.25. The molecule has 11 nitrogen and oxygen atoms in total. The van der Waals surface area contributed by atoms with E-state index >= 15 is 0 Å². The van der Waals surface area contributed by atoms with Crippen LogP contribution >= 0.6 is 0 Å². The minimum atomic E-state index is -0.430. The topological polar surface area (TPSA) is 124 Å². The molecule has 0 fully saturated rings. The van der Waals surface area contributed by atoms with E-state index < -0.39 is 6.03 Å². The van der Waals surface area contributed by atoms with E-state index in [2.05, 4.69) is 35.9 Å². The molecule has 0 aromatic carbocycles. The monoisotopic (exact) mass is 407 g/mol. The number of aryl methyl sites for hydroxylation is 2. The second-order valence-corrected chi connectivity index (χ2v) is 6.76. The molecule has 1 atom stereocenters. The average Bonchev–Trinajstić information content (AvgIpc) is 3.36. The van der Waals surface area contributed by atoms with Crippen molar-refractivity contribution in [2.24, 2.45) is 0 Å². The van der Waals surface area contributed by atoms with E-state index in [4.69, 9.17) is 4.74 Å². The number of fused-ring (bicyclic) bond motifs is 1. The maximum atomic E-state index is 12.6. The fraction of sp³-hybridized carbons (Fsp3) is 0.263. The molecule has 2 N–H and O–H groups in total. The Labute approximate surface area is 172 Å². The second kappa shape index (κ2) is 7.87. The largest absolute Gasteiger partial charge is 0.377 e. The summed E-state index contributed by atoms with van der Waals surface area (Å²) in [6.45, 7) is 5.64. The second-order valence-electron chi connectivity index (χ2n) is 6.76. The summed E-state index contributed by atoms with van der Waals surface area (Å²) in [5.74, 6) is 0.589. The number of carbonyl (C=O) groups excluding carboxylic acids is 1. The highest BCUT2D eigenvalue weighted by Crippen LogP contribution is 2.28. The molecule has 11 heteroatoms. The quantitative estimate of drug-likeness (QED) is 0.521. The van der Waals surface area contributed by atoms with Crippen LogP contribution in [0.25, 0.3) is 11.5 Å². The number of ether oxygens (including phenoxy) is 1. The molecular weight excluding hydrogens is 386 g/mol. The Morgan fingerprint density at radius 1 is 1.13 bits per heavy atom. The number of nitrogens with one attached hydrogen (secondary N) is 2. The van der Waals surface area contributed by atoms with E-state index in [0.29, 0.717) is 22.8 Å². The van der Waals surface area contributed by atoms with E-state index in [0.717, 1.165) is 16.8 Å². The lowest BCUT2D eigenvalue weighted by atomic mass is 10.1. The van der Waals surface area contributed by atoms with E-state index in [-0.39, 0.29) is 6.10 Å². The zero-order valence-corrected chi connectivity index (χ0v) is 17.0. The van der Waals surface area contributed by atoms with E-state index in [9.17, 15) is 4.79 Å². The van der Waals surface area contributed by atoms with Gasteiger partial charge in [0.15, 0.2) is 11.5 Å². The van der Waals surface area contributed by atoms with Gasteiger partial charge in [-0.1, -0.05) is 0 Å². The molecule has 4 aromatic heterocycles. The molecule has 0 unspecified atom stereocenters. The summed E-state index contributed by atoms with van der Waals surface area (Å²) in [4.78, 5) is 22.9. The number of aromatic nitrogens is 7. The van der Waals surface area contributed by atoms with Gasteiger partial charge in [0, 0.05) is 7.11 Å². The van der Waals surface area contributed by atoms with Crippen molar-refractivity contribution in [3.8, 4) is 5.82 Å². The lowest BCUT2D eigenvalue weighted by Crippen LogP contribution is -2.22. The number of pyridine rings is 1. The minimum Gasteiger partial charge on any atom is -0.377 e. The molecular formula is C19H21N9O2. The highest BCUT2D eigenvalue weighted by molar-refractivity contribution is 6.00. The smallest absolute Gasteiger partial charge is 0.323 e. The fourth-order valence-electron chi connectivity index (χ4n) is 3.14. The van der Waals surface area contributed by atoms with Crippen molar-refractivity contribution in [2.45, 2.75) is 26.9 Å². The molecule has 0 aliphatic rings. The van der Waals surface area contributed by atoms with Crippen molar-refractivity contribution < 1.29 is 9.53 Å². The van der Waals surface area contributed by atoms with Gasteiger partial charge in [0.2, 0.25) is 0 Å². The number of nitrogens with zero attached hydrogens (tertiary/aromatic N) is 7. The SMILES string of the molecule is CO[C@@H](C)c1c(NC(=O)Nc2cnc(-n3nccn3)c(C)c2)cnn2cc(C)nc12. The average molecular weight is 407 g/mol. The normalized spacial score (nSPS) is 12.1. The van der Waals surface area contributed by atoms with Gasteiger partial charge in [-0.3, -0.25) is 0 Å². The molecule has 154 valence electrons. The standard InChI is InChI=1S/C19H21N9O2/c1-11-7-14(8-20-17(11)28-21-5-6-22-28)25-19(29)26-15-9-23-27-10-12(2)24-18(27)16(15)13(3)30-4/h5-10,13H,1-4H3,(H2,25,26,29)/t13-/m0/s1. The van der Waals surface area contributed by atoms with Crippen LogP contribution in [0, 0.1) is 13.8 Å². The number of methoxy groups -OCH3 is 1. The Morgan fingerprint density at radius 2 is 1.90 bits per heavy atom. The molecule has 0 spiro atoms. The summed E-state index contributed by atoms with van der Waals surface area (Å²) in [6.07, 6.45) is 7.79.